The van der Waals surface area contributed by atoms with Crippen LogP contribution in [0.25, 0.3) is 98.7 Å². The van der Waals surface area contributed by atoms with Crippen molar-refractivity contribution in [3.8, 4) is 55.6 Å². The second kappa shape index (κ2) is 12.1. The van der Waals surface area contributed by atoms with Crippen LogP contribution in [0.1, 0.15) is 25.0 Å². The topological polar surface area (TPSA) is 0 Å². The zero-order valence-corrected chi connectivity index (χ0v) is 31.0. The molecule has 1 aliphatic carbocycles. The smallest absolute Gasteiger partial charge is 0.0165 e. The van der Waals surface area contributed by atoms with Crippen LogP contribution in [0.4, 0.5) is 0 Å². The fraction of sp³-hybridized carbons (Fsp3) is 0.0545. The van der Waals surface area contributed by atoms with Gasteiger partial charge in [0.1, 0.15) is 0 Å². The van der Waals surface area contributed by atoms with Gasteiger partial charge in [0.25, 0.3) is 0 Å². The Hall–Kier alpha value is -6.76. The third kappa shape index (κ3) is 4.85. The third-order valence-corrected chi connectivity index (χ3v) is 12.2. The van der Waals surface area contributed by atoms with E-state index >= 15 is 0 Å². The number of fused-ring (bicyclic) bond motifs is 8. The lowest BCUT2D eigenvalue weighted by Crippen LogP contribution is -2.15. The Morgan fingerprint density at radius 1 is 0.291 bits per heavy atom. The summed E-state index contributed by atoms with van der Waals surface area (Å²) in [5.41, 5.74) is 15.5. The largest absolute Gasteiger partial charge is 0.0616 e. The van der Waals surface area contributed by atoms with Gasteiger partial charge in [-0.25, -0.2) is 0 Å². The van der Waals surface area contributed by atoms with E-state index in [1.807, 2.05) is 0 Å². The van der Waals surface area contributed by atoms with Crippen LogP contribution in [0.5, 0.6) is 0 Å². The van der Waals surface area contributed by atoms with Crippen LogP contribution >= 0.6 is 0 Å². The van der Waals surface area contributed by atoms with E-state index in [2.05, 4.69) is 208 Å². The van der Waals surface area contributed by atoms with Gasteiger partial charge in [0.05, 0.1) is 0 Å². The average molecular weight is 699 g/mol. The Balaban J connectivity index is 1.07. The Labute approximate surface area is 322 Å². The van der Waals surface area contributed by atoms with Crippen LogP contribution in [-0.2, 0) is 5.41 Å². The highest BCUT2D eigenvalue weighted by Gasteiger charge is 2.38. The SMILES string of the molecule is CC1(C)c2cccc(-c3cccc(-c4c5ccccc5c(-c5ccc(-c6ccc7ccccc7c6)cc5)c5ccccc45)c3)c2-c2ccc3ccccc3c21. The number of hydrogen-bond donors (Lipinski definition) is 0. The molecule has 0 bridgehead atoms. The maximum absolute atomic E-state index is 2.42. The van der Waals surface area contributed by atoms with E-state index in [1.54, 1.807) is 0 Å². The van der Waals surface area contributed by atoms with E-state index in [-0.39, 0.29) is 5.41 Å². The molecule has 0 unspecified atom stereocenters. The van der Waals surface area contributed by atoms with Crippen molar-refractivity contribution in [1.82, 2.24) is 0 Å². The van der Waals surface area contributed by atoms with Crippen molar-refractivity contribution in [2.24, 2.45) is 0 Å². The normalized spacial score (nSPS) is 13.1. The van der Waals surface area contributed by atoms with Gasteiger partial charge in [-0.2, -0.15) is 0 Å². The monoisotopic (exact) mass is 698 g/mol. The molecule has 0 heteroatoms. The summed E-state index contributed by atoms with van der Waals surface area (Å²) in [6, 6.07) is 72.1. The molecular weight excluding hydrogens is 661 g/mol. The van der Waals surface area contributed by atoms with E-state index < -0.39 is 0 Å². The highest BCUT2D eigenvalue weighted by molar-refractivity contribution is 6.21. The van der Waals surface area contributed by atoms with Crippen LogP contribution in [0.15, 0.2) is 194 Å². The molecule has 0 spiro atoms. The van der Waals surface area contributed by atoms with E-state index in [0.29, 0.717) is 0 Å². The molecular formula is C55H38. The molecule has 0 aliphatic heterocycles. The molecule has 0 aromatic heterocycles. The van der Waals surface area contributed by atoms with E-state index in [0.717, 1.165) is 0 Å². The molecule has 10 aromatic rings. The van der Waals surface area contributed by atoms with Crippen LogP contribution < -0.4 is 0 Å². The van der Waals surface area contributed by atoms with Gasteiger partial charge in [-0.3, -0.25) is 0 Å². The molecule has 0 nitrogen and oxygen atoms in total. The lowest BCUT2D eigenvalue weighted by Gasteiger charge is -2.23. The summed E-state index contributed by atoms with van der Waals surface area (Å²) >= 11 is 0. The molecule has 0 heterocycles. The summed E-state index contributed by atoms with van der Waals surface area (Å²) in [6.07, 6.45) is 0. The predicted octanol–water partition coefficient (Wildman–Crippen LogP) is 15.3. The van der Waals surface area contributed by atoms with Crippen molar-refractivity contribution >= 4 is 43.1 Å². The second-order valence-electron chi connectivity index (χ2n) is 15.6. The molecule has 10 aromatic carbocycles. The lowest BCUT2D eigenvalue weighted by molar-refractivity contribution is 0.666. The standard InChI is InChI=1S/C55H38/c1-55(2)50-24-12-23-43(53(50)49-32-31-37-14-5-6-18-44(37)54(49)55)41-16-11-17-42(34-41)52-47-21-9-7-19-45(47)51(46-20-8-10-22-48(46)52)38-28-25-36(26-29-38)40-30-27-35-13-3-4-15-39(35)33-40/h3-34H,1-2H3. The fourth-order valence-corrected chi connectivity index (χ4v) is 9.68. The van der Waals surface area contributed by atoms with Gasteiger partial charge >= 0.3 is 0 Å². The number of rotatable bonds is 4. The van der Waals surface area contributed by atoms with Gasteiger partial charge < -0.3 is 0 Å². The molecule has 1 aliphatic rings. The zero-order valence-electron chi connectivity index (χ0n) is 31.0. The predicted molar refractivity (Wildman–Crippen MR) is 236 cm³/mol. The van der Waals surface area contributed by atoms with Gasteiger partial charge in [0.15, 0.2) is 0 Å². The summed E-state index contributed by atoms with van der Waals surface area (Å²) in [6.45, 7) is 4.78. The summed E-state index contributed by atoms with van der Waals surface area (Å²) in [5, 5.41) is 10.2. The van der Waals surface area contributed by atoms with Gasteiger partial charge in [-0.1, -0.05) is 196 Å². The van der Waals surface area contributed by atoms with Crippen molar-refractivity contribution in [1.29, 1.82) is 0 Å². The first-order chi connectivity index (χ1) is 27.0. The molecule has 11 rings (SSSR count). The highest BCUT2D eigenvalue weighted by atomic mass is 14.4. The van der Waals surface area contributed by atoms with Crippen molar-refractivity contribution in [2.75, 3.05) is 0 Å². The van der Waals surface area contributed by atoms with E-state index in [1.165, 1.54) is 110 Å². The van der Waals surface area contributed by atoms with Crippen LogP contribution in [0.2, 0.25) is 0 Å². The quantitative estimate of drug-likeness (QED) is 0.161. The van der Waals surface area contributed by atoms with Gasteiger partial charge in [-0.05, 0) is 122 Å². The molecule has 0 radical (unpaired) electrons. The van der Waals surface area contributed by atoms with Crippen molar-refractivity contribution < 1.29 is 0 Å². The number of hydrogen-bond acceptors (Lipinski definition) is 0. The first-order valence-corrected chi connectivity index (χ1v) is 19.3. The molecule has 0 fully saturated rings. The molecule has 0 saturated carbocycles. The molecule has 0 amide bonds. The van der Waals surface area contributed by atoms with Crippen LogP contribution in [0.3, 0.4) is 0 Å². The summed E-state index contributed by atoms with van der Waals surface area (Å²) in [5.74, 6) is 0. The minimum Gasteiger partial charge on any atom is -0.0616 e. The molecule has 55 heavy (non-hydrogen) atoms. The van der Waals surface area contributed by atoms with Crippen molar-refractivity contribution in [2.45, 2.75) is 19.3 Å². The molecule has 258 valence electrons. The average Bonchev–Trinajstić information content (AvgIpc) is 3.49. The Kier molecular flexibility index (Phi) is 7.00. The highest BCUT2D eigenvalue weighted by Crippen LogP contribution is 2.54. The number of benzene rings is 10. The van der Waals surface area contributed by atoms with E-state index in [4.69, 9.17) is 0 Å². The molecule has 0 atom stereocenters. The first kappa shape index (κ1) is 31.7. The van der Waals surface area contributed by atoms with Crippen LogP contribution in [-0.4, -0.2) is 0 Å². The van der Waals surface area contributed by atoms with Gasteiger partial charge in [0.2, 0.25) is 0 Å². The fourth-order valence-electron chi connectivity index (χ4n) is 9.68. The molecule has 0 saturated heterocycles. The Morgan fingerprint density at radius 2 is 0.818 bits per heavy atom. The lowest BCUT2D eigenvalue weighted by atomic mass is 9.80. The minimum atomic E-state index is -0.102. The van der Waals surface area contributed by atoms with E-state index in [9.17, 15) is 0 Å². The summed E-state index contributed by atoms with van der Waals surface area (Å²) in [4.78, 5) is 0. The Morgan fingerprint density at radius 3 is 1.53 bits per heavy atom. The summed E-state index contributed by atoms with van der Waals surface area (Å²) < 4.78 is 0. The third-order valence-electron chi connectivity index (χ3n) is 12.2. The second-order valence-corrected chi connectivity index (χ2v) is 15.6. The van der Waals surface area contributed by atoms with Gasteiger partial charge in [0, 0.05) is 5.41 Å². The maximum atomic E-state index is 2.42. The van der Waals surface area contributed by atoms with Crippen molar-refractivity contribution in [3.63, 3.8) is 0 Å². The first-order valence-electron chi connectivity index (χ1n) is 19.3. The molecule has 0 N–H and O–H groups in total. The van der Waals surface area contributed by atoms with Gasteiger partial charge in [-0.15, -0.1) is 0 Å². The maximum Gasteiger partial charge on any atom is 0.0165 e. The van der Waals surface area contributed by atoms with Crippen LogP contribution in [0, 0.1) is 0 Å². The zero-order chi connectivity index (χ0) is 36.7. The van der Waals surface area contributed by atoms with Crippen molar-refractivity contribution in [3.05, 3.63) is 205 Å². The summed E-state index contributed by atoms with van der Waals surface area (Å²) in [7, 11) is 0. The Bertz CT molecular complexity index is 3100. The minimum absolute atomic E-state index is 0.102.